The summed E-state index contributed by atoms with van der Waals surface area (Å²) >= 11 is 0. The summed E-state index contributed by atoms with van der Waals surface area (Å²) in [7, 11) is 0. The van der Waals surface area contributed by atoms with Gasteiger partial charge in [0.2, 0.25) is 0 Å². The van der Waals surface area contributed by atoms with Gasteiger partial charge in [0, 0.05) is 12.8 Å². The number of unbranched alkanes of at least 4 members (excludes halogenated alkanes) is 1. The van der Waals surface area contributed by atoms with Gasteiger partial charge in [-0.3, -0.25) is 4.79 Å². The van der Waals surface area contributed by atoms with Gasteiger partial charge in [-0.2, -0.15) is 0 Å². The number of aliphatic hydroxyl groups excluding tert-OH is 1. The van der Waals surface area contributed by atoms with Crippen molar-refractivity contribution in [2.24, 2.45) is 0 Å². The zero-order valence-corrected chi connectivity index (χ0v) is 5.92. The first kappa shape index (κ1) is 9.39. The lowest BCUT2D eigenvalue weighted by molar-refractivity contribution is -0.483. The molecule has 0 bridgehead atoms. The molecule has 10 heavy (non-hydrogen) atoms. The fourth-order valence-electron chi connectivity index (χ4n) is 0.656. The number of rotatable bonds is 5. The van der Waals surface area contributed by atoms with Crippen molar-refractivity contribution in [1.29, 1.82) is 0 Å². The van der Waals surface area contributed by atoms with Crippen molar-refractivity contribution in [3.63, 3.8) is 0 Å². The van der Waals surface area contributed by atoms with Crippen LogP contribution in [0.1, 0.15) is 25.7 Å². The molecular formula is C6H14NO3+. The maximum atomic E-state index is 9.97. The Labute approximate surface area is 59.7 Å². The summed E-state index contributed by atoms with van der Waals surface area (Å²) in [5.74, 6) is -0.779. The number of aliphatic carboxylic acids is 1. The minimum absolute atomic E-state index is 0.187. The molecule has 0 radical (unpaired) electrons. The highest BCUT2D eigenvalue weighted by Gasteiger charge is 2.00. The first-order valence-electron chi connectivity index (χ1n) is 3.36. The Morgan fingerprint density at radius 3 is 2.50 bits per heavy atom. The smallest absolute Gasteiger partial charge is 0.303 e. The number of aliphatic hydroxyl groups is 1. The Morgan fingerprint density at radius 2 is 2.10 bits per heavy atom. The molecule has 0 spiro atoms. The molecule has 4 nitrogen and oxygen atoms in total. The summed E-state index contributed by atoms with van der Waals surface area (Å²) in [4.78, 5) is 9.97. The molecule has 0 aromatic rings. The molecule has 0 aliphatic heterocycles. The monoisotopic (exact) mass is 148 g/mol. The second kappa shape index (κ2) is 5.20. The van der Waals surface area contributed by atoms with Crippen LogP contribution in [-0.2, 0) is 4.79 Å². The molecule has 60 valence electrons. The molecule has 5 N–H and O–H groups in total. The van der Waals surface area contributed by atoms with Gasteiger partial charge in [0.1, 0.15) is 0 Å². The molecular weight excluding hydrogens is 134 g/mol. The first-order valence-corrected chi connectivity index (χ1v) is 3.36. The lowest BCUT2D eigenvalue weighted by Gasteiger charge is -1.98. The van der Waals surface area contributed by atoms with Gasteiger partial charge in [-0.1, -0.05) is 0 Å². The maximum absolute atomic E-state index is 9.97. The van der Waals surface area contributed by atoms with Gasteiger partial charge in [0.15, 0.2) is 6.23 Å². The number of hydrogen-bond donors (Lipinski definition) is 3. The summed E-state index contributed by atoms with van der Waals surface area (Å²) in [6, 6.07) is 0. The standard InChI is InChI=1S/C6H13NO3/c7-5(8)3-1-2-4-6(9)10/h5,8H,1-4,7H2,(H,9,10)/p+1. The van der Waals surface area contributed by atoms with Crippen LogP contribution in [0.25, 0.3) is 0 Å². The van der Waals surface area contributed by atoms with Crippen molar-refractivity contribution >= 4 is 5.97 Å². The van der Waals surface area contributed by atoms with Crippen LogP contribution < -0.4 is 5.73 Å². The Bertz CT molecular complexity index is 103. The van der Waals surface area contributed by atoms with Gasteiger partial charge in [-0.05, 0) is 12.8 Å². The largest absolute Gasteiger partial charge is 0.481 e. The molecule has 4 heteroatoms. The van der Waals surface area contributed by atoms with Gasteiger partial charge in [0.05, 0.1) is 0 Å². The SMILES string of the molecule is [NH3+]C(O)CCCCC(=O)O. The molecule has 0 amide bonds. The van der Waals surface area contributed by atoms with E-state index in [4.69, 9.17) is 10.2 Å². The van der Waals surface area contributed by atoms with Crippen LogP contribution in [0.5, 0.6) is 0 Å². The average molecular weight is 148 g/mol. The molecule has 0 aliphatic rings. The number of hydrogen-bond acceptors (Lipinski definition) is 2. The minimum Gasteiger partial charge on any atom is -0.481 e. The zero-order valence-electron chi connectivity index (χ0n) is 5.92. The summed E-state index contributed by atoms with van der Waals surface area (Å²) in [6.07, 6.45) is 1.59. The summed E-state index contributed by atoms with van der Waals surface area (Å²) in [6.45, 7) is 0. The lowest BCUT2D eigenvalue weighted by atomic mass is 10.2. The van der Waals surface area contributed by atoms with Gasteiger partial charge < -0.3 is 15.9 Å². The van der Waals surface area contributed by atoms with E-state index in [0.29, 0.717) is 12.8 Å². The third-order valence-electron chi connectivity index (χ3n) is 1.18. The van der Waals surface area contributed by atoms with Crippen LogP contribution >= 0.6 is 0 Å². The van der Waals surface area contributed by atoms with E-state index in [1.54, 1.807) is 0 Å². The fraction of sp³-hybridized carbons (Fsp3) is 0.833. The number of quaternary nitrogens is 1. The zero-order chi connectivity index (χ0) is 7.98. The van der Waals surface area contributed by atoms with Crippen LogP contribution in [0, 0.1) is 0 Å². The Hall–Kier alpha value is -0.610. The summed E-state index contributed by atoms with van der Waals surface area (Å²) < 4.78 is 0. The van der Waals surface area contributed by atoms with Crippen LogP contribution in [0.4, 0.5) is 0 Å². The second-order valence-corrected chi connectivity index (χ2v) is 2.29. The molecule has 0 aromatic heterocycles. The molecule has 0 saturated heterocycles. The van der Waals surface area contributed by atoms with E-state index >= 15 is 0 Å². The van der Waals surface area contributed by atoms with E-state index < -0.39 is 12.2 Å². The van der Waals surface area contributed by atoms with E-state index in [1.807, 2.05) is 0 Å². The average Bonchev–Trinajstić information content (AvgIpc) is 1.79. The molecule has 0 fully saturated rings. The highest BCUT2D eigenvalue weighted by molar-refractivity contribution is 5.66. The van der Waals surface area contributed by atoms with E-state index in [1.165, 1.54) is 0 Å². The second-order valence-electron chi connectivity index (χ2n) is 2.29. The predicted molar refractivity (Wildman–Crippen MR) is 35.0 cm³/mol. The number of carbonyl (C=O) groups is 1. The molecule has 0 aromatic carbocycles. The summed E-state index contributed by atoms with van der Waals surface area (Å²) in [5.41, 5.74) is 3.36. The van der Waals surface area contributed by atoms with E-state index in [-0.39, 0.29) is 6.42 Å². The van der Waals surface area contributed by atoms with Gasteiger partial charge in [-0.25, -0.2) is 0 Å². The van der Waals surface area contributed by atoms with Gasteiger partial charge in [0.25, 0.3) is 0 Å². The van der Waals surface area contributed by atoms with Gasteiger partial charge >= 0.3 is 5.97 Å². The fourth-order valence-corrected chi connectivity index (χ4v) is 0.656. The van der Waals surface area contributed by atoms with E-state index in [0.717, 1.165) is 6.42 Å². The topological polar surface area (TPSA) is 85.2 Å². The maximum Gasteiger partial charge on any atom is 0.303 e. The Balaban J connectivity index is 2.98. The third-order valence-corrected chi connectivity index (χ3v) is 1.18. The minimum atomic E-state index is -0.779. The molecule has 0 saturated carbocycles. The molecule has 0 heterocycles. The predicted octanol–water partition coefficient (Wildman–Crippen LogP) is -0.808. The van der Waals surface area contributed by atoms with Crippen molar-refractivity contribution in [3.8, 4) is 0 Å². The van der Waals surface area contributed by atoms with E-state index in [2.05, 4.69) is 5.73 Å². The lowest BCUT2D eigenvalue weighted by Crippen LogP contribution is -2.60. The van der Waals surface area contributed by atoms with Gasteiger partial charge in [-0.15, -0.1) is 0 Å². The van der Waals surface area contributed by atoms with Crippen molar-refractivity contribution in [2.45, 2.75) is 31.9 Å². The molecule has 1 atom stereocenters. The first-order chi connectivity index (χ1) is 4.63. The normalized spacial score (nSPS) is 13.0. The van der Waals surface area contributed by atoms with Crippen LogP contribution in [0.15, 0.2) is 0 Å². The van der Waals surface area contributed by atoms with Crippen molar-refractivity contribution in [1.82, 2.24) is 0 Å². The number of carboxylic acid groups (broad SMARTS) is 1. The highest BCUT2D eigenvalue weighted by Crippen LogP contribution is 1.99. The Morgan fingerprint density at radius 1 is 1.50 bits per heavy atom. The van der Waals surface area contributed by atoms with E-state index in [9.17, 15) is 4.79 Å². The molecule has 1 unspecified atom stereocenters. The van der Waals surface area contributed by atoms with Crippen molar-refractivity contribution in [2.75, 3.05) is 0 Å². The Kier molecular flexibility index (Phi) is 4.88. The summed E-state index contributed by atoms with van der Waals surface area (Å²) in [5, 5.41) is 16.9. The number of carboxylic acids is 1. The van der Waals surface area contributed by atoms with Crippen molar-refractivity contribution in [3.05, 3.63) is 0 Å². The molecule has 0 aliphatic carbocycles. The van der Waals surface area contributed by atoms with Crippen LogP contribution in [0.2, 0.25) is 0 Å². The quantitative estimate of drug-likeness (QED) is 0.352. The highest BCUT2D eigenvalue weighted by atomic mass is 16.4. The molecule has 0 rings (SSSR count). The van der Waals surface area contributed by atoms with Crippen molar-refractivity contribution < 1.29 is 20.7 Å². The van der Waals surface area contributed by atoms with Crippen LogP contribution in [0.3, 0.4) is 0 Å². The third kappa shape index (κ3) is 7.39. The van der Waals surface area contributed by atoms with Crippen LogP contribution in [-0.4, -0.2) is 22.4 Å².